The molecule has 2 aromatic carbocycles. The smallest absolute Gasteiger partial charge is 0.335 e. The van der Waals surface area contributed by atoms with Crippen molar-refractivity contribution >= 4 is 11.7 Å². The van der Waals surface area contributed by atoms with E-state index in [1.54, 1.807) is 31.4 Å². The topological polar surface area (TPSA) is 58.6 Å². The van der Waals surface area contributed by atoms with Gasteiger partial charge in [-0.1, -0.05) is 18.2 Å². The number of benzene rings is 2. The van der Waals surface area contributed by atoms with E-state index in [9.17, 15) is 4.79 Å². The molecule has 0 heterocycles. The van der Waals surface area contributed by atoms with Crippen LogP contribution in [0.1, 0.15) is 28.9 Å². The van der Waals surface area contributed by atoms with Gasteiger partial charge in [-0.05, 0) is 37.3 Å². The summed E-state index contributed by atoms with van der Waals surface area (Å²) in [6, 6.07) is 14.6. The quantitative estimate of drug-likeness (QED) is 0.872. The van der Waals surface area contributed by atoms with Crippen molar-refractivity contribution in [3.63, 3.8) is 0 Å². The minimum Gasteiger partial charge on any atom is -0.496 e. The van der Waals surface area contributed by atoms with Gasteiger partial charge in [-0.15, -0.1) is 0 Å². The molecule has 0 amide bonds. The highest BCUT2D eigenvalue weighted by Crippen LogP contribution is 2.27. The molecule has 2 rings (SSSR count). The van der Waals surface area contributed by atoms with Crippen LogP contribution in [0, 0.1) is 0 Å². The molecule has 0 saturated heterocycles. The number of anilines is 1. The number of carboxylic acids is 1. The third-order valence-electron chi connectivity index (χ3n) is 3.12. The number of nitrogens with one attached hydrogen (secondary N) is 1. The lowest BCUT2D eigenvalue weighted by Gasteiger charge is -2.18. The van der Waals surface area contributed by atoms with Gasteiger partial charge in [-0.3, -0.25) is 0 Å². The van der Waals surface area contributed by atoms with Crippen LogP contribution in [-0.4, -0.2) is 18.2 Å². The first kappa shape index (κ1) is 13.9. The molecule has 0 spiro atoms. The third-order valence-corrected chi connectivity index (χ3v) is 3.12. The fourth-order valence-electron chi connectivity index (χ4n) is 2.06. The van der Waals surface area contributed by atoms with Crippen LogP contribution >= 0.6 is 0 Å². The molecule has 0 fully saturated rings. The summed E-state index contributed by atoms with van der Waals surface area (Å²) >= 11 is 0. The van der Waals surface area contributed by atoms with E-state index < -0.39 is 5.97 Å². The van der Waals surface area contributed by atoms with Crippen molar-refractivity contribution < 1.29 is 14.6 Å². The van der Waals surface area contributed by atoms with Crippen molar-refractivity contribution in [3.05, 3.63) is 59.7 Å². The summed E-state index contributed by atoms with van der Waals surface area (Å²) in [6.45, 7) is 2.03. The van der Waals surface area contributed by atoms with Gasteiger partial charge in [0, 0.05) is 11.3 Å². The number of hydrogen-bond donors (Lipinski definition) is 2. The molecule has 0 radical (unpaired) electrons. The summed E-state index contributed by atoms with van der Waals surface area (Å²) in [5.74, 6) is -0.0935. The maximum atomic E-state index is 10.8. The maximum Gasteiger partial charge on any atom is 0.335 e. The number of hydrogen-bond acceptors (Lipinski definition) is 3. The van der Waals surface area contributed by atoms with Gasteiger partial charge >= 0.3 is 5.97 Å². The standard InChI is InChI=1S/C16H17NO3/c1-11(14-5-3-4-6-15(14)20-2)17-13-9-7-12(8-10-13)16(18)19/h3-11,17H,1-2H3,(H,18,19). The van der Waals surface area contributed by atoms with E-state index in [1.807, 2.05) is 31.2 Å². The van der Waals surface area contributed by atoms with Gasteiger partial charge in [-0.25, -0.2) is 4.79 Å². The number of carboxylic acid groups (broad SMARTS) is 1. The zero-order valence-corrected chi connectivity index (χ0v) is 11.5. The van der Waals surface area contributed by atoms with Crippen LogP contribution in [0.2, 0.25) is 0 Å². The van der Waals surface area contributed by atoms with Crippen LogP contribution in [0.4, 0.5) is 5.69 Å². The predicted octanol–water partition coefficient (Wildman–Crippen LogP) is 3.57. The zero-order chi connectivity index (χ0) is 14.5. The first-order valence-electron chi connectivity index (χ1n) is 6.34. The van der Waals surface area contributed by atoms with Gasteiger partial charge in [0.15, 0.2) is 0 Å². The molecule has 20 heavy (non-hydrogen) atoms. The number of para-hydroxylation sites is 1. The highest BCUT2D eigenvalue weighted by Gasteiger charge is 2.10. The van der Waals surface area contributed by atoms with Crippen molar-refractivity contribution in [2.24, 2.45) is 0 Å². The Morgan fingerprint density at radius 3 is 2.40 bits per heavy atom. The Hall–Kier alpha value is -2.49. The third kappa shape index (κ3) is 3.09. The lowest BCUT2D eigenvalue weighted by Crippen LogP contribution is -2.08. The number of rotatable bonds is 5. The maximum absolute atomic E-state index is 10.8. The summed E-state index contributed by atoms with van der Waals surface area (Å²) in [6.07, 6.45) is 0. The molecule has 0 aromatic heterocycles. The van der Waals surface area contributed by atoms with Crippen LogP contribution in [0.15, 0.2) is 48.5 Å². The SMILES string of the molecule is COc1ccccc1C(C)Nc1ccc(C(=O)O)cc1. The molecule has 4 heteroatoms. The molecule has 1 unspecified atom stereocenters. The van der Waals surface area contributed by atoms with E-state index in [2.05, 4.69) is 5.32 Å². The van der Waals surface area contributed by atoms with Crippen LogP contribution in [0.5, 0.6) is 5.75 Å². The summed E-state index contributed by atoms with van der Waals surface area (Å²) in [7, 11) is 1.65. The molecular weight excluding hydrogens is 254 g/mol. The molecule has 104 valence electrons. The van der Waals surface area contributed by atoms with Crippen LogP contribution in [0.25, 0.3) is 0 Å². The first-order valence-corrected chi connectivity index (χ1v) is 6.34. The summed E-state index contributed by atoms with van der Waals surface area (Å²) in [5, 5.41) is 12.2. The molecule has 2 aromatic rings. The zero-order valence-electron chi connectivity index (χ0n) is 11.5. The Balaban J connectivity index is 2.14. The van der Waals surface area contributed by atoms with Gasteiger partial charge in [0.2, 0.25) is 0 Å². The van der Waals surface area contributed by atoms with Gasteiger partial charge in [0.05, 0.1) is 18.7 Å². The van der Waals surface area contributed by atoms with Crippen molar-refractivity contribution in [2.75, 3.05) is 12.4 Å². The highest BCUT2D eigenvalue weighted by atomic mass is 16.5. The van der Waals surface area contributed by atoms with E-state index in [-0.39, 0.29) is 11.6 Å². The summed E-state index contributed by atoms with van der Waals surface area (Å²) < 4.78 is 5.34. The number of methoxy groups -OCH3 is 1. The lowest BCUT2D eigenvalue weighted by atomic mass is 10.1. The Bertz CT molecular complexity index is 593. The molecule has 4 nitrogen and oxygen atoms in total. The van der Waals surface area contributed by atoms with Gasteiger partial charge in [-0.2, -0.15) is 0 Å². The average molecular weight is 271 g/mol. The van der Waals surface area contributed by atoms with Crippen molar-refractivity contribution in [3.8, 4) is 5.75 Å². The lowest BCUT2D eigenvalue weighted by molar-refractivity contribution is 0.0697. The molecule has 1 atom stereocenters. The monoisotopic (exact) mass is 271 g/mol. The van der Waals surface area contributed by atoms with E-state index in [4.69, 9.17) is 9.84 Å². The van der Waals surface area contributed by atoms with Gasteiger partial charge in [0.1, 0.15) is 5.75 Å². The van der Waals surface area contributed by atoms with E-state index >= 15 is 0 Å². The molecule has 0 aliphatic carbocycles. The second-order valence-electron chi connectivity index (χ2n) is 4.49. The minimum atomic E-state index is -0.922. The van der Waals surface area contributed by atoms with Crippen LogP contribution in [-0.2, 0) is 0 Å². The predicted molar refractivity (Wildman–Crippen MR) is 78.4 cm³/mol. The Labute approximate surface area is 118 Å². The number of aromatic carboxylic acids is 1. The molecule has 2 N–H and O–H groups in total. The molecule has 0 saturated carbocycles. The second kappa shape index (κ2) is 6.10. The largest absolute Gasteiger partial charge is 0.496 e. The number of carbonyl (C=O) groups is 1. The van der Waals surface area contributed by atoms with Gasteiger partial charge < -0.3 is 15.2 Å². The minimum absolute atomic E-state index is 0.0572. The van der Waals surface area contributed by atoms with Crippen molar-refractivity contribution in [1.82, 2.24) is 0 Å². The number of ether oxygens (including phenoxy) is 1. The summed E-state index contributed by atoms with van der Waals surface area (Å²) in [5.41, 5.74) is 2.20. The van der Waals surface area contributed by atoms with E-state index in [0.717, 1.165) is 17.0 Å². The molecular formula is C16H17NO3. The Morgan fingerprint density at radius 1 is 1.15 bits per heavy atom. The molecule has 0 aliphatic heterocycles. The fraction of sp³-hybridized carbons (Fsp3) is 0.188. The van der Waals surface area contributed by atoms with Crippen LogP contribution < -0.4 is 10.1 Å². The normalized spacial score (nSPS) is 11.7. The fourth-order valence-corrected chi connectivity index (χ4v) is 2.06. The Morgan fingerprint density at radius 2 is 1.80 bits per heavy atom. The Kier molecular flexibility index (Phi) is 4.25. The highest BCUT2D eigenvalue weighted by molar-refractivity contribution is 5.88. The first-order chi connectivity index (χ1) is 9.61. The van der Waals surface area contributed by atoms with E-state index in [0.29, 0.717) is 0 Å². The van der Waals surface area contributed by atoms with E-state index in [1.165, 1.54) is 0 Å². The van der Waals surface area contributed by atoms with Crippen molar-refractivity contribution in [1.29, 1.82) is 0 Å². The molecule has 0 aliphatic rings. The summed E-state index contributed by atoms with van der Waals surface area (Å²) in [4.78, 5) is 10.8. The molecule has 0 bridgehead atoms. The van der Waals surface area contributed by atoms with Crippen molar-refractivity contribution in [2.45, 2.75) is 13.0 Å². The average Bonchev–Trinajstić information content (AvgIpc) is 2.47. The van der Waals surface area contributed by atoms with Gasteiger partial charge in [0.25, 0.3) is 0 Å². The van der Waals surface area contributed by atoms with Crippen LogP contribution in [0.3, 0.4) is 0 Å². The second-order valence-corrected chi connectivity index (χ2v) is 4.49.